The van der Waals surface area contributed by atoms with Crippen LogP contribution in [0.2, 0.25) is 0 Å². The first-order chi connectivity index (χ1) is 7.77. The highest BCUT2D eigenvalue weighted by Gasteiger charge is 2.06. The van der Waals surface area contributed by atoms with Gasteiger partial charge in [-0.2, -0.15) is 0 Å². The first-order valence-corrected chi connectivity index (χ1v) is 5.32. The number of esters is 1. The molecule has 0 bridgehead atoms. The fourth-order valence-electron chi connectivity index (χ4n) is 1.12. The van der Waals surface area contributed by atoms with Gasteiger partial charge in [-0.05, 0) is 24.1 Å². The van der Waals surface area contributed by atoms with Gasteiger partial charge in [0.25, 0.3) is 0 Å². The van der Waals surface area contributed by atoms with E-state index in [1.165, 1.54) is 5.54 Å². The number of halogens is 1. The topological polar surface area (TPSA) is 46.5 Å². The van der Waals surface area contributed by atoms with E-state index in [0.717, 1.165) is 0 Å². The first-order valence-electron chi connectivity index (χ1n) is 4.89. The standard InChI is InChI=1S/C12H13ClO3/c13-8-10(6-7-14)9-16-12(15)11-4-2-1-3-5-11/h1-5,8,14H,6-7,9H2/b10-8+. The molecule has 0 amide bonds. The minimum absolute atomic E-state index is 0.0125. The van der Waals surface area contributed by atoms with Crippen LogP contribution in [-0.2, 0) is 4.74 Å². The molecule has 0 aliphatic carbocycles. The molecular formula is C12H13ClO3. The van der Waals surface area contributed by atoms with Crippen LogP contribution in [0.4, 0.5) is 0 Å². The molecule has 0 aliphatic rings. The molecule has 86 valence electrons. The molecule has 0 atom stereocenters. The van der Waals surface area contributed by atoms with Gasteiger partial charge in [0.15, 0.2) is 0 Å². The first kappa shape index (κ1) is 12.7. The second kappa shape index (κ2) is 7.04. The molecule has 0 saturated carbocycles. The summed E-state index contributed by atoms with van der Waals surface area (Å²) in [5.41, 5.74) is 2.52. The lowest BCUT2D eigenvalue weighted by Gasteiger charge is -2.06. The molecule has 0 aliphatic heterocycles. The third kappa shape index (κ3) is 4.04. The van der Waals surface area contributed by atoms with Crippen LogP contribution >= 0.6 is 11.6 Å². The predicted octanol–water partition coefficient (Wildman–Crippen LogP) is 2.35. The van der Waals surface area contributed by atoms with Crippen LogP contribution in [0.1, 0.15) is 16.8 Å². The molecule has 3 nitrogen and oxygen atoms in total. The van der Waals surface area contributed by atoms with Crippen molar-refractivity contribution in [1.82, 2.24) is 0 Å². The van der Waals surface area contributed by atoms with Crippen LogP contribution in [0, 0.1) is 0 Å². The number of rotatable bonds is 5. The van der Waals surface area contributed by atoms with E-state index in [4.69, 9.17) is 21.4 Å². The van der Waals surface area contributed by atoms with E-state index in [0.29, 0.717) is 17.6 Å². The molecule has 0 saturated heterocycles. The quantitative estimate of drug-likeness (QED) is 0.804. The van der Waals surface area contributed by atoms with Crippen molar-refractivity contribution in [2.24, 2.45) is 0 Å². The summed E-state index contributed by atoms with van der Waals surface area (Å²) >= 11 is 5.51. The highest BCUT2D eigenvalue weighted by molar-refractivity contribution is 6.25. The Morgan fingerprint density at radius 2 is 2.06 bits per heavy atom. The van der Waals surface area contributed by atoms with E-state index in [1.54, 1.807) is 24.3 Å². The third-order valence-corrected chi connectivity index (χ3v) is 2.29. The van der Waals surface area contributed by atoms with Gasteiger partial charge in [0, 0.05) is 12.1 Å². The minimum atomic E-state index is -0.394. The zero-order chi connectivity index (χ0) is 11.8. The Morgan fingerprint density at radius 1 is 1.38 bits per heavy atom. The van der Waals surface area contributed by atoms with Gasteiger partial charge in [0.05, 0.1) is 5.56 Å². The van der Waals surface area contributed by atoms with E-state index >= 15 is 0 Å². The van der Waals surface area contributed by atoms with Gasteiger partial charge in [-0.25, -0.2) is 4.79 Å². The molecule has 0 unspecified atom stereocenters. The van der Waals surface area contributed by atoms with Gasteiger partial charge in [-0.3, -0.25) is 0 Å². The lowest BCUT2D eigenvalue weighted by molar-refractivity contribution is 0.0535. The molecule has 0 heterocycles. The van der Waals surface area contributed by atoms with Crippen LogP contribution in [0.5, 0.6) is 0 Å². The summed E-state index contributed by atoms with van der Waals surface area (Å²) in [7, 11) is 0. The Balaban J connectivity index is 2.47. The number of carbonyl (C=O) groups excluding carboxylic acids is 1. The summed E-state index contributed by atoms with van der Waals surface area (Å²) < 4.78 is 5.03. The molecule has 1 aromatic carbocycles. The van der Waals surface area contributed by atoms with E-state index in [-0.39, 0.29) is 13.2 Å². The lowest BCUT2D eigenvalue weighted by Crippen LogP contribution is -2.08. The van der Waals surface area contributed by atoms with Crippen molar-refractivity contribution in [3.8, 4) is 0 Å². The van der Waals surface area contributed by atoms with Crippen LogP contribution < -0.4 is 0 Å². The van der Waals surface area contributed by atoms with Crippen molar-refractivity contribution in [3.63, 3.8) is 0 Å². The number of carbonyl (C=O) groups is 1. The number of hydrogen-bond acceptors (Lipinski definition) is 3. The fourth-order valence-corrected chi connectivity index (χ4v) is 1.29. The minimum Gasteiger partial charge on any atom is -0.458 e. The van der Waals surface area contributed by atoms with E-state index < -0.39 is 5.97 Å². The summed E-state index contributed by atoms with van der Waals surface area (Å²) in [6, 6.07) is 8.72. The third-order valence-electron chi connectivity index (χ3n) is 1.99. The Bertz CT molecular complexity index is 360. The monoisotopic (exact) mass is 240 g/mol. The molecule has 1 N–H and O–H groups in total. The van der Waals surface area contributed by atoms with Crippen LogP contribution in [-0.4, -0.2) is 24.3 Å². The molecular weight excluding hydrogens is 228 g/mol. The summed E-state index contributed by atoms with van der Waals surface area (Å²) in [6.45, 7) is 0.0965. The highest BCUT2D eigenvalue weighted by Crippen LogP contribution is 2.06. The van der Waals surface area contributed by atoms with Gasteiger partial charge < -0.3 is 9.84 Å². The van der Waals surface area contributed by atoms with E-state index in [9.17, 15) is 4.79 Å². The SMILES string of the molecule is O=C(OC/C(=C/Cl)CCO)c1ccccc1. The average Bonchev–Trinajstić information content (AvgIpc) is 2.35. The number of aliphatic hydroxyl groups is 1. The van der Waals surface area contributed by atoms with Crippen molar-refractivity contribution in [2.75, 3.05) is 13.2 Å². The summed E-state index contributed by atoms with van der Waals surface area (Å²) in [4.78, 5) is 11.5. The second-order valence-corrected chi connectivity index (χ2v) is 3.40. The summed E-state index contributed by atoms with van der Waals surface area (Å²) in [6.07, 6.45) is 0.408. The van der Waals surface area contributed by atoms with Gasteiger partial charge in [0.2, 0.25) is 0 Å². The normalized spacial score (nSPS) is 11.2. The van der Waals surface area contributed by atoms with Gasteiger partial charge in [-0.1, -0.05) is 29.8 Å². The van der Waals surface area contributed by atoms with Gasteiger partial charge in [0.1, 0.15) is 6.61 Å². The number of benzene rings is 1. The Labute approximate surface area is 99.3 Å². The molecule has 4 heteroatoms. The van der Waals surface area contributed by atoms with E-state index in [2.05, 4.69) is 0 Å². The van der Waals surface area contributed by atoms with Crippen LogP contribution in [0.15, 0.2) is 41.4 Å². The number of hydrogen-bond donors (Lipinski definition) is 1. The maximum absolute atomic E-state index is 11.5. The highest BCUT2D eigenvalue weighted by atomic mass is 35.5. The zero-order valence-electron chi connectivity index (χ0n) is 8.73. The van der Waals surface area contributed by atoms with Gasteiger partial charge >= 0.3 is 5.97 Å². The number of aliphatic hydroxyl groups excluding tert-OH is 1. The van der Waals surface area contributed by atoms with Gasteiger partial charge in [-0.15, -0.1) is 0 Å². The smallest absolute Gasteiger partial charge is 0.338 e. The molecule has 1 aromatic rings. The molecule has 0 radical (unpaired) electrons. The predicted molar refractivity (Wildman–Crippen MR) is 62.4 cm³/mol. The maximum atomic E-state index is 11.5. The zero-order valence-corrected chi connectivity index (χ0v) is 9.48. The van der Waals surface area contributed by atoms with Crippen LogP contribution in [0.3, 0.4) is 0 Å². The Morgan fingerprint density at radius 3 is 2.62 bits per heavy atom. The van der Waals surface area contributed by atoms with Crippen molar-refractivity contribution in [2.45, 2.75) is 6.42 Å². The van der Waals surface area contributed by atoms with Crippen molar-refractivity contribution >= 4 is 17.6 Å². The molecule has 0 spiro atoms. The van der Waals surface area contributed by atoms with Crippen molar-refractivity contribution < 1.29 is 14.6 Å². The average molecular weight is 241 g/mol. The molecule has 1 rings (SSSR count). The fraction of sp³-hybridized carbons (Fsp3) is 0.250. The lowest BCUT2D eigenvalue weighted by atomic mass is 10.2. The second-order valence-electron chi connectivity index (χ2n) is 3.18. The molecule has 16 heavy (non-hydrogen) atoms. The summed E-state index contributed by atoms with van der Waals surface area (Å²) in [5, 5.41) is 8.71. The van der Waals surface area contributed by atoms with E-state index in [1.807, 2.05) is 6.07 Å². The molecule has 0 fully saturated rings. The van der Waals surface area contributed by atoms with Crippen molar-refractivity contribution in [1.29, 1.82) is 0 Å². The Kier molecular flexibility index (Phi) is 5.61. The summed E-state index contributed by atoms with van der Waals surface area (Å²) in [5.74, 6) is -0.394. The van der Waals surface area contributed by atoms with Crippen molar-refractivity contribution in [3.05, 3.63) is 47.0 Å². The Hall–Kier alpha value is -1.32. The number of ether oxygens (including phenoxy) is 1. The van der Waals surface area contributed by atoms with Crippen LogP contribution in [0.25, 0.3) is 0 Å². The largest absolute Gasteiger partial charge is 0.458 e. The molecule has 0 aromatic heterocycles. The maximum Gasteiger partial charge on any atom is 0.338 e.